The highest BCUT2D eigenvalue weighted by molar-refractivity contribution is 5.91. The number of alkyl halides is 1. The van der Waals surface area contributed by atoms with Crippen LogP contribution in [0.2, 0.25) is 0 Å². The van der Waals surface area contributed by atoms with Crippen molar-refractivity contribution in [2.75, 3.05) is 13.2 Å². The summed E-state index contributed by atoms with van der Waals surface area (Å²) in [6.45, 7) is 5.14. The summed E-state index contributed by atoms with van der Waals surface area (Å²) in [5.74, 6) is 1.30. The number of halogens is 1. The van der Waals surface area contributed by atoms with Crippen LogP contribution in [0.1, 0.15) is 108 Å². The summed E-state index contributed by atoms with van der Waals surface area (Å²) in [6.07, 6.45) is 13.8. The fraction of sp³-hybridized carbons (Fsp3) is 0.581. The molecule has 0 spiro atoms. The van der Waals surface area contributed by atoms with Crippen molar-refractivity contribution in [2.24, 2.45) is 0 Å². The first kappa shape index (κ1) is 29.7. The van der Waals surface area contributed by atoms with Crippen molar-refractivity contribution < 1.29 is 23.4 Å². The third-order valence-electron chi connectivity index (χ3n) is 6.19. The van der Waals surface area contributed by atoms with E-state index in [1.807, 2.05) is 0 Å². The van der Waals surface area contributed by atoms with Crippen LogP contribution in [0.4, 0.5) is 4.39 Å². The maximum atomic E-state index is 14.1. The Hall–Kier alpha value is -2.56. The van der Waals surface area contributed by atoms with Crippen LogP contribution in [0, 0.1) is 0 Å². The van der Waals surface area contributed by atoms with Crippen LogP contribution in [0.15, 0.2) is 48.5 Å². The van der Waals surface area contributed by atoms with Gasteiger partial charge in [0.1, 0.15) is 30.0 Å². The van der Waals surface area contributed by atoms with Gasteiger partial charge in [-0.1, -0.05) is 84.5 Å². The fourth-order valence-electron chi connectivity index (χ4n) is 3.95. The maximum Gasteiger partial charge on any atom is 0.343 e. The molecular formula is C31H45FO4. The molecule has 0 fully saturated rings. The average Bonchev–Trinajstić information content (AvgIpc) is 2.90. The molecule has 0 N–H and O–H groups in total. The molecule has 0 saturated heterocycles. The van der Waals surface area contributed by atoms with Crippen molar-refractivity contribution in [3.63, 3.8) is 0 Å². The van der Waals surface area contributed by atoms with Crippen molar-refractivity contribution >= 4 is 5.97 Å². The lowest BCUT2D eigenvalue weighted by Gasteiger charge is -2.11. The van der Waals surface area contributed by atoms with Crippen LogP contribution in [-0.2, 0) is 0 Å². The molecule has 2 rings (SSSR count). The highest BCUT2D eigenvalue weighted by Gasteiger charge is 2.10. The van der Waals surface area contributed by atoms with E-state index in [-0.39, 0.29) is 6.61 Å². The zero-order chi connectivity index (χ0) is 25.8. The van der Waals surface area contributed by atoms with Crippen molar-refractivity contribution in [2.45, 2.75) is 103 Å². The largest absolute Gasteiger partial charge is 0.494 e. The molecule has 200 valence electrons. The van der Waals surface area contributed by atoms with Gasteiger partial charge in [-0.3, -0.25) is 0 Å². The van der Waals surface area contributed by atoms with Gasteiger partial charge in [-0.05, 0) is 61.4 Å². The number of carbonyl (C=O) groups is 1. The lowest BCUT2D eigenvalue weighted by atomic mass is 10.1. The second-order valence-corrected chi connectivity index (χ2v) is 9.47. The van der Waals surface area contributed by atoms with Gasteiger partial charge in [0.05, 0.1) is 12.2 Å². The van der Waals surface area contributed by atoms with Crippen LogP contribution < -0.4 is 14.2 Å². The number of esters is 1. The summed E-state index contributed by atoms with van der Waals surface area (Å²) >= 11 is 0. The monoisotopic (exact) mass is 500 g/mol. The third-order valence-corrected chi connectivity index (χ3v) is 6.19. The van der Waals surface area contributed by atoms with Crippen molar-refractivity contribution in [1.82, 2.24) is 0 Å². The Kier molecular flexibility index (Phi) is 15.4. The zero-order valence-electron chi connectivity index (χ0n) is 22.3. The minimum Gasteiger partial charge on any atom is -0.494 e. The average molecular weight is 501 g/mol. The number of unbranched alkanes of at least 4 members (excludes halogenated alkanes) is 10. The summed E-state index contributed by atoms with van der Waals surface area (Å²) < 4.78 is 30.8. The van der Waals surface area contributed by atoms with Gasteiger partial charge in [-0.2, -0.15) is 0 Å². The number of hydrogen-bond acceptors (Lipinski definition) is 4. The molecule has 1 unspecified atom stereocenters. The standard InChI is InChI=1S/C31H45FO4/c1-3-5-7-9-11-13-15-27(32)25-35-29-20-22-30(23-21-29)36-31(33)26-16-18-28(19-17-26)34-24-14-12-10-8-6-4-2/h16-23,27H,3-15,24-25H2,1-2H3. The predicted molar refractivity (Wildman–Crippen MR) is 145 cm³/mol. The lowest BCUT2D eigenvalue weighted by molar-refractivity contribution is 0.0734. The summed E-state index contributed by atoms with van der Waals surface area (Å²) in [7, 11) is 0. The van der Waals surface area contributed by atoms with Crippen molar-refractivity contribution in [1.29, 1.82) is 0 Å². The molecule has 0 bridgehead atoms. The van der Waals surface area contributed by atoms with Crippen LogP contribution in [-0.4, -0.2) is 25.4 Å². The van der Waals surface area contributed by atoms with Crippen LogP contribution in [0.3, 0.4) is 0 Å². The highest BCUT2D eigenvalue weighted by atomic mass is 19.1. The molecular weight excluding hydrogens is 455 g/mol. The number of rotatable bonds is 20. The molecule has 0 aliphatic heterocycles. The Balaban J connectivity index is 1.65. The van der Waals surface area contributed by atoms with E-state index in [4.69, 9.17) is 14.2 Å². The van der Waals surface area contributed by atoms with E-state index < -0.39 is 12.1 Å². The third kappa shape index (κ3) is 12.9. The number of benzene rings is 2. The first-order valence-electron chi connectivity index (χ1n) is 13.9. The highest BCUT2D eigenvalue weighted by Crippen LogP contribution is 2.21. The molecule has 0 aromatic heterocycles. The number of carbonyl (C=O) groups excluding carboxylic acids is 1. The number of ether oxygens (including phenoxy) is 3. The van der Waals surface area contributed by atoms with E-state index in [0.717, 1.165) is 25.0 Å². The predicted octanol–water partition coefficient (Wildman–Crippen LogP) is 9.11. The van der Waals surface area contributed by atoms with Crippen LogP contribution >= 0.6 is 0 Å². The Morgan fingerprint density at radius 1 is 0.667 bits per heavy atom. The number of hydrogen-bond donors (Lipinski definition) is 0. The van der Waals surface area contributed by atoms with Gasteiger partial charge in [0.15, 0.2) is 0 Å². The van der Waals surface area contributed by atoms with Crippen LogP contribution in [0.5, 0.6) is 17.2 Å². The normalized spacial score (nSPS) is 11.8. The summed E-state index contributed by atoms with van der Waals surface area (Å²) in [5, 5.41) is 0. The molecule has 0 aliphatic carbocycles. The van der Waals surface area contributed by atoms with Gasteiger partial charge in [0.2, 0.25) is 0 Å². The lowest BCUT2D eigenvalue weighted by Crippen LogP contribution is -2.13. The molecule has 4 nitrogen and oxygen atoms in total. The van der Waals surface area contributed by atoms with Gasteiger partial charge in [0, 0.05) is 0 Å². The zero-order valence-corrected chi connectivity index (χ0v) is 22.3. The minimum atomic E-state index is -0.966. The topological polar surface area (TPSA) is 44.8 Å². The van der Waals surface area contributed by atoms with Gasteiger partial charge in [-0.25, -0.2) is 9.18 Å². The Morgan fingerprint density at radius 2 is 1.17 bits per heavy atom. The Morgan fingerprint density at radius 3 is 1.81 bits per heavy atom. The Labute approximate surface area is 217 Å². The smallest absolute Gasteiger partial charge is 0.343 e. The van der Waals surface area contributed by atoms with E-state index >= 15 is 0 Å². The molecule has 0 aliphatic rings. The van der Waals surface area contributed by atoms with E-state index in [1.54, 1.807) is 48.5 Å². The van der Waals surface area contributed by atoms with Crippen molar-refractivity contribution in [3.05, 3.63) is 54.1 Å². The van der Waals surface area contributed by atoms with Crippen molar-refractivity contribution in [3.8, 4) is 17.2 Å². The molecule has 1 atom stereocenters. The van der Waals surface area contributed by atoms with Gasteiger partial charge >= 0.3 is 5.97 Å². The molecule has 0 heterocycles. The quantitative estimate of drug-likeness (QED) is 0.103. The summed E-state index contributed by atoms with van der Waals surface area (Å²) in [6, 6.07) is 13.7. The molecule has 0 radical (unpaired) electrons. The molecule has 2 aromatic carbocycles. The second kappa shape index (κ2) is 18.7. The molecule has 2 aromatic rings. The van der Waals surface area contributed by atoms with Gasteiger partial charge in [0.25, 0.3) is 0 Å². The van der Waals surface area contributed by atoms with E-state index in [0.29, 0.717) is 30.1 Å². The first-order valence-corrected chi connectivity index (χ1v) is 13.9. The SMILES string of the molecule is CCCCCCCCOc1ccc(C(=O)Oc2ccc(OCC(F)CCCCCCCC)cc2)cc1. The van der Waals surface area contributed by atoms with Crippen LogP contribution in [0.25, 0.3) is 0 Å². The first-order chi connectivity index (χ1) is 17.6. The van der Waals surface area contributed by atoms with E-state index in [1.165, 1.54) is 57.8 Å². The van der Waals surface area contributed by atoms with E-state index in [9.17, 15) is 9.18 Å². The second-order valence-electron chi connectivity index (χ2n) is 9.47. The van der Waals surface area contributed by atoms with E-state index in [2.05, 4.69) is 13.8 Å². The molecule has 5 heteroatoms. The molecule has 0 saturated carbocycles. The molecule has 36 heavy (non-hydrogen) atoms. The summed E-state index contributed by atoms with van der Waals surface area (Å²) in [4.78, 5) is 12.5. The van der Waals surface area contributed by atoms with Gasteiger partial charge in [-0.15, -0.1) is 0 Å². The maximum absolute atomic E-state index is 14.1. The fourth-order valence-corrected chi connectivity index (χ4v) is 3.95. The summed E-state index contributed by atoms with van der Waals surface area (Å²) in [5.41, 5.74) is 0.456. The molecule has 0 amide bonds. The Bertz CT molecular complexity index is 819. The van der Waals surface area contributed by atoms with Gasteiger partial charge < -0.3 is 14.2 Å². The minimum absolute atomic E-state index is 0.0430.